The molecule has 2 nitrogen and oxygen atoms in total. The molecule has 1 rings (SSSR count). The van der Waals surface area contributed by atoms with Gasteiger partial charge in [0.2, 0.25) is 0 Å². The average molecular weight is 226 g/mol. The van der Waals surface area contributed by atoms with E-state index in [1.165, 1.54) is 0 Å². The fraction of sp³-hybridized carbons (Fsp3) is 1.00. The molecule has 3 atom stereocenters. The molecule has 1 saturated carbocycles. The first kappa shape index (κ1) is 12.8. The van der Waals surface area contributed by atoms with Crippen LogP contribution < -0.4 is 0 Å². The number of aliphatic hydroxyl groups is 2. The van der Waals surface area contributed by atoms with Crippen molar-refractivity contribution in [3.63, 3.8) is 0 Å². The Morgan fingerprint density at radius 1 is 1.20 bits per heavy atom. The third-order valence-electron chi connectivity index (χ3n) is 3.16. The molecule has 0 unspecified atom stereocenters. The zero-order valence-electron chi connectivity index (χ0n) is 8.50. The Morgan fingerprint density at radius 3 is 2.27 bits per heavy atom. The summed E-state index contributed by atoms with van der Waals surface area (Å²) in [5.74, 6) is -2.29. The molecule has 2 N–H and O–H groups in total. The minimum atomic E-state index is -4.31. The van der Waals surface area contributed by atoms with Crippen LogP contribution in [0.4, 0.5) is 13.2 Å². The summed E-state index contributed by atoms with van der Waals surface area (Å²) >= 11 is 0. The largest absolute Gasteiger partial charge is 0.396 e. The SMILES string of the molecule is OCC[C@H]([C@H]1CCCC[C@@H]1O)C(F)(F)F. The molecule has 0 bridgehead atoms. The predicted molar refractivity (Wildman–Crippen MR) is 49.2 cm³/mol. The molecule has 0 aliphatic heterocycles. The Kier molecular flexibility index (Phi) is 4.40. The number of alkyl halides is 3. The smallest absolute Gasteiger partial charge is 0.392 e. The molecule has 1 aliphatic carbocycles. The summed E-state index contributed by atoms with van der Waals surface area (Å²) in [6.07, 6.45) is -3.09. The maximum absolute atomic E-state index is 12.6. The Morgan fingerprint density at radius 2 is 1.80 bits per heavy atom. The standard InChI is InChI=1S/C10H17F3O2/c11-10(12,13)8(5-6-14)7-3-1-2-4-9(7)15/h7-9,14-15H,1-6H2/t7-,8-,9+/m1/s1. The van der Waals surface area contributed by atoms with Gasteiger partial charge in [-0.25, -0.2) is 0 Å². The van der Waals surface area contributed by atoms with Crippen molar-refractivity contribution >= 4 is 0 Å². The Labute approximate surface area is 87.1 Å². The van der Waals surface area contributed by atoms with Crippen molar-refractivity contribution in [2.24, 2.45) is 11.8 Å². The molecule has 1 fully saturated rings. The Balaban J connectivity index is 2.69. The number of aliphatic hydroxyl groups excluding tert-OH is 2. The summed E-state index contributed by atoms with van der Waals surface area (Å²) in [4.78, 5) is 0. The molecule has 0 aromatic carbocycles. The van der Waals surface area contributed by atoms with Crippen LogP contribution >= 0.6 is 0 Å². The van der Waals surface area contributed by atoms with Crippen molar-refractivity contribution in [1.29, 1.82) is 0 Å². The van der Waals surface area contributed by atoms with Crippen molar-refractivity contribution in [3.05, 3.63) is 0 Å². The van der Waals surface area contributed by atoms with E-state index in [1.807, 2.05) is 0 Å². The molecule has 0 heterocycles. The first-order chi connectivity index (χ1) is 6.96. The first-order valence-corrected chi connectivity index (χ1v) is 5.32. The maximum atomic E-state index is 12.6. The highest BCUT2D eigenvalue weighted by atomic mass is 19.4. The summed E-state index contributed by atoms with van der Waals surface area (Å²) in [7, 11) is 0. The van der Waals surface area contributed by atoms with E-state index in [-0.39, 0.29) is 6.42 Å². The number of halogens is 3. The van der Waals surface area contributed by atoms with Crippen LogP contribution in [-0.2, 0) is 0 Å². The number of hydrogen-bond donors (Lipinski definition) is 2. The van der Waals surface area contributed by atoms with Crippen LogP contribution in [0.5, 0.6) is 0 Å². The van der Waals surface area contributed by atoms with Gasteiger partial charge in [0.15, 0.2) is 0 Å². The second-order valence-electron chi connectivity index (χ2n) is 4.18. The zero-order chi connectivity index (χ0) is 11.5. The average Bonchev–Trinajstić information content (AvgIpc) is 2.14. The first-order valence-electron chi connectivity index (χ1n) is 5.32. The van der Waals surface area contributed by atoms with Gasteiger partial charge in [0.1, 0.15) is 0 Å². The lowest BCUT2D eigenvalue weighted by Crippen LogP contribution is -2.39. The van der Waals surface area contributed by atoms with Crippen LogP contribution in [0.1, 0.15) is 32.1 Å². The minimum absolute atomic E-state index is 0.300. The minimum Gasteiger partial charge on any atom is -0.396 e. The molecule has 90 valence electrons. The van der Waals surface area contributed by atoms with Crippen LogP contribution in [0.15, 0.2) is 0 Å². The van der Waals surface area contributed by atoms with Crippen LogP contribution in [0, 0.1) is 11.8 Å². The van der Waals surface area contributed by atoms with Gasteiger partial charge in [-0.3, -0.25) is 0 Å². The summed E-state index contributed by atoms with van der Waals surface area (Å²) in [5.41, 5.74) is 0. The lowest BCUT2D eigenvalue weighted by Gasteiger charge is -2.35. The summed E-state index contributed by atoms with van der Waals surface area (Å²) in [5, 5.41) is 18.2. The van der Waals surface area contributed by atoms with Gasteiger partial charge in [0, 0.05) is 6.61 Å². The van der Waals surface area contributed by atoms with Gasteiger partial charge in [0.05, 0.1) is 12.0 Å². The molecule has 0 aromatic rings. The fourth-order valence-corrected chi connectivity index (χ4v) is 2.37. The van der Waals surface area contributed by atoms with Crippen LogP contribution in [0.2, 0.25) is 0 Å². The van der Waals surface area contributed by atoms with E-state index in [1.54, 1.807) is 0 Å². The molecule has 0 amide bonds. The van der Waals surface area contributed by atoms with Gasteiger partial charge in [-0.1, -0.05) is 12.8 Å². The fourth-order valence-electron chi connectivity index (χ4n) is 2.37. The number of hydrogen-bond acceptors (Lipinski definition) is 2. The molecular weight excluding hydrogens is 209 g/mol. The lowest BCUT2D eigenvalue weighted by atomic mass is 9.76. The second-order valence-corrected chi connectivity index (χ2v) is 4.18. The van der Waals surface area contributed by atoms with E-state index < -0.39 is 30.7 Å². The lowest BCUT2D eigenvalue weighted by molar-refractivity contribution is -0.206. The van der Waals surface area contributed by atoms with Gasteiger partial charge in [-0.05, 0) is 25.2 Å². The quantitative estimate of drug-likeness (QED) is 0.773. The van der Waals surface area contributed by atoms with E-state index >= 15 is 0 Å². The van der Waals surface area contributed by atoms with E-state index in [0.717, 1.165) is 12.8 Å². The molecule has 0 saturated heterocycles. The molecule has 0 radical (unpaired) electrons. The van der Waals surface area contributed by atoms with E-state index in [2.05, 4.69) is 0 Å². The van der Waals surface area contributed by atoms with Gasteiger partial charge in [0.25, 0.3) is 0 Å². The zero-order valence-corrected chi connectivity index (χ0v) is 8.50. The maximum Gasteiger partial charge on any atom is 0.392 e. The van der Waals surface area contributed by atoms with Gasteiger partial charge in [-0.15, -0.1) is 0 Å². The molecule has 15 heavy (non-hydrogen) atoms. The van der Waals surface area contributed by atoms with Crippen molar-refractivity contribution in [1.82, 2.24) is 0 Å². The van der Waals surface area contributed by atoms with Crippen molar-refractivity contribution < 1.29 is 23.4 Å². The molecule has 5 heteroatoms. The number of rotatable bonds is 3. The third kappa shape index (κ3) is 3.34. The van der Waals surface area contributed by atoms with Gasteiger partial charge in [-0.2, -0.15) is 13.2 Å². The highest BCUT2D eigenvalue weighted by Crippen LogP contribution is 2.41. The van der Waals surface area contributed by atoms with Crippen molar-refractivity contribution in [2.45, 2.75) is 44.4 Å². The van der Waals surface area contributed by atoms with Crippen molar-refractivity contribution in [2.75, 3.05) is 6.61 Å². The summed E-state index contributed by atoms with van der Waals surface area (Å²) < 4.78 is 37.9. The predicted octanol–water partition coefficient (Wildman–Crippen LogP) is 2.10. The molecular formula is C10H17F3O2. The van der Waals surface area contributed by atoms with Gasteiger partial charge >= 0.3 is 6.18 Å². The summed E-state index contributed by atoms with van der Waals surface area (Å²) in [6, 6.07) is 0. The van der Waals surface area contributed by atoms with Gasteiger partial charge < -0.3 is 10.2 Å². The highest BCUT2D eigenvalue weighted by molar-refractivity contribution is 4.84. The van der Waals surface area contributed by atoms with E-state index in [4.69, 9.17) is 5.11 Å². The highest BCUT2D eigenvalue weighted by Gasteiger charge is 2.46. The summed E-state index contributed by atoms with van der Waals surface area (Å²) in [6.45, 7) is -0.479. The molecule has 0 aromatic heterocycles. The van der Waals surface area contributed by atoms with Crippen LogP contribution in [-0.4, -0.2) is 29.1 Å². The third-order valence-corrected chi connectivity index (χ3v) is 3.16. The molecule has 1 aliphatic rings. The van der Waals surface area contributed by atoms with Crippen molar-refractivity contribution in [3.8, 4) is 0 Å². The topological polar surface area (TPSA) is 40.5 Å². The molecule has 0 spiro atoms. The normalized spacial score (nSPS) is 30.2. The van der Waals surface area contributed by atoms with E-state index in [0.29, 0.717) is 12.8 Å². The van der Waals surface area contributed by atoms with E-state index in [9.17, 15) is 18.3 Å². The monoisotopic (exact) mass is 226 g/mol. The van der Waals surface area contributed by atoms with Crippen LogP contribution in [0.3, 0.4) is 0 Å². The second kappa shape index (κ2) is 5.16. The Bertz CT molecular complexity index is 194. The van der Waals surface area contributed by atoms with Crippen LogP contribution in [0.25, 0.3) is 0 Å². The Hall–Kier alpha value is -0.290.